The lowest BCUT2D eigenvalue weighted by Crippen LogP contribution is -2.06. The zero-order chi connectivity index (χ0) is 15.5. The van der Waals surface area contributed by atoms with Crippen molar-refractivity contribution < 1.29 is 14.6 Å². The van der Waals surface area contributed by atoms with E-state index >= 15 is 0 Å². The SMILES string of the molecule is O=C(OCc1cccc2ccccc12)c1cc(Cl)ccc1O. The second-order valence-corrected chi connectivity index (χ2v) is 5.31. The third-order valence-corrected chi connectivity index (χ3v) is 3.65. The van der Waals surface area contributed by atoms with Crippen molar-refractivity contribution in [2.24, 2.45) is 0 Å². The molecule has 0 aliphatic heterocycles. The van der Waals surface area contributed by atoms with Crippen LogP contribution in [0, 0.1) is 0 Å². The van der Waals surface area contributed by atoms with E-state index in [1.807, 2.05) is 42.5 Å². The lowest BCUT2D eigenvalue weighted by Gasteiger charge is -2.09. The molecule has 3 aromatic rings. The predicted octanol–water partition coefficient (Wildman–Crippen LogP) is 4.56. The smallest absolute Gasteiger partial charge is 0.342 e. The Balaban J connectivity index is 1.82. The van der Waals surface area contributed by atoms with Gasteiger partial charge in [-0.3, -0.25) is 0 Å². The molecule has 1 N–H and O–H groups in total. The summed E-state index contributed by atoms with van der Waals surface area (Å²) in [6.45, 7) is 0.131. The molecule has 0 radical (unpaired) electrons. The first-order valence-electron chi connectivity index (χ1n) is 6.77. The number of phenols is 1. The Morgan fingerprint density at radius 3 is 2.68 bits per heavy atom. The number of halogens is 1. The lowest BCUT2D eigenvalue weighted by molar-refractivity contribution is 0.0471. The molecule has 0 bridgehead atoms. The molecule has 0 amide bonds. The number of rotatable bonds is 3. The standard InChI is InChI=1S/C18H13ClO3/c19-14-8-9-17(20)16(10-14)18(21)22-11-13-6-3-5-12-4-1-2-7-15(12)13/h1-10,20H,11H2. The maximum atomic E-state index is 12.1. The van der Waals surface area contributed by atoms with E-state index < -0.39 is 5.97 Å². The fraction of sp³-hybridized carbons (Fsp3) is 0.0556. The number of carbonyl (C=O) groups excluding carboxylic acids is 1. The first-order valence-corrected chi connectivity index (χ1v) is 7.15. The summed E-state index contributed by atoms with van der Waals surface area (Å²) in [4.78, 5) is 12.1. The summed E-state index contributed by atoms with van der Waals surface area (Å²) in [7, 11) is 0. The Labute approximate surface area is 132 Å². The molecule has 3 rings (SSSR count). The van der Waals surface area contributed by atoms with Gasteiger partial charge in [-0.15, -0.1) is 0 Å². The van der Waals surface area contributed by atoms with E-state index in [-0.39, 0.29) is 17.9 Å². The maximum Gasteiger partial charge on any atom is 0.342 e. The van der Waals surface area contributed by atoms with Gasteiger partial charge in [-0.2, -0.15) is 0 Å². The van der Waals surface area contributed by atoms with Crippen molar-refractivity contribution in [1.82, 2.24) is 0 Å². The molecular weight excluding hydrogens is 300 g/mol. The van der Waals surface area contributed by atoms with Crippen LogP contribution in [0.4, 0.5) is 0 Å². The Morgan fingerprint density at radius 1 is 1.05 bits per heavy atom. The molecule has 0 heterocycles. The molecule has 3 aromatic carbocycles. The van der Waals surface area contributed by atoms with Crippen molar-refractivity contribution in [2.45, 2.75) is 6.61 Å². The molecular formula is C18H13ClO3. The van der Waals surface area contributed by atoms with Crippen LogP contribution >= 0.6 is 11.6 Å². The number of phenolic OH excluding ortho intramolecular Hbond substituents is 1. The first kappa shape index (κ1) is 14.4. The fourth-order valence-corrected chi connectivity index (χ4v) is 2.48. The number of hydrogen-bond donors (Lipinski definition) is 1. The molecule has 0 saturated carbocycles. The molecule has 0 unspecified atom stereocenters. The normalized spacial score (nSPS) is 10.6. The summed E-state index contributed by atoms with van der Waals surface area (Å²) in [5.74, 6) is -0.750. The number of hydrogen-bond acceptors (Lipinski definition) is 3. The molecule has 0 spiro atoms. The van der Waals surface area contributed by atoms with Crippen LogP contribution in [0.1, 0.15) is 15.9 Å². The Hall–Kier alpha value is -2.52. The highest BCUT2D eigenvalue weighted by Gasteiger charge is 2.14. The quantitative estimate of drug-likeness (QED) is 0.721. The van der Waals surface area contributed by atoms with E-state index in [0.717, 1.165) is 16.3 Å². The minimum atomic E-state index is -0.604. The summed E-state index contributed by atoms with van der Waals surface area (Å²) in [5, 5.41) is 12.2. The van der Waals surface area contributed by atoms with Gasteiger partial charge in [0.15, 0.2) is 0 Å². The second-order valence-electron chi connectivity index (χ2n) is 4.88. The van der Waals surface area contributed by atoms with Gasteiger partial charge in [0.05, 0.1) is 0 Å². The van der Waals surface area contributed by atoms with E-state index in [9.17, 15) is 9.90 Å². The highest BCUT2D eigenvalue weighted by atomic mass is 35.5. The van der Waals surface area contributed by atoms with E-state index in [4.69, 9.17) is 16.3 Å². The molecule has 22 heavy (non-hydrogen) atoms. The third kappa shape index (κ3) is 2.90. The van der Waals surface area contributed by atoms with Crippen LogP contribution in [0.15, 0.2) is 60.7 Å². The van der Waals surface area contributed by atoms with E-state index in [0.29, 0.717) is 5.02 Å². The highest BCUT2D eigenvalue weighted by molar-refractivity contribution is 6.31. The van der Waals surface area contributed by atoms with Crippen LogP contribution in [0.25, 0.3) is 10.8 Å². The largest absolute Gasteiger partial charge is 0.507 e. The minimum Gasteiger partial charge on any atom is -0.507 e. The fourth-order valence-electron chi connectivity index (χ4n) is 2.31. The van der Waals surface area contributed by atoms with E-state index in [1.54, 1.807) is 0 Å². The molecule has 0 fully saturated rings. The predicted molar refractivity (Wildman–Crippen MR) is 86.2 cm³/mol. The third-order valence-electron chi connectivity index (χ3n) is 3.42. The number of ether oxygens (including phenoxy) is 1. The second kappa shape index (κ2) is 6.08. The topological polar surface area (TPSA) is 46.5 Å². The zero-order valence-corrected chi connectivity index (χ0v) is 12.4. The average Bonchev–Trinajstić information content (AvgIpc) is 2.54. The molecule has 3 nitrogen and oxygen atoms in total. The monoisotopic (exact) mass is 312 g/mol. The van der Waals surface area contributed by atoms with Crippen LogP contribution in [0.2, 0.25) is 5.02 Å². The molecule has 110 valence electrons. The highest BCUT2D eigenvalue weighted by Crippen LogP contribution is 2.24. The molecule has 0 aliphatic carbocycles. The lowest BCUT2D eigenvalue weighted by atomic mass is 10.1. The van der Waals surface area contributed by atoms with Crippen molar-refractivity contribution in [2.75, 3.05) is 0 Å². The maximum absolute atomic E-state index is 12.1. The van der Waals surface area contributed by atoms with Crippen LogP contribution in [-0.2, 0) is 11.3 Å². The summed E-state index contributed by atoms with van der Waals surface area (Å²) >= 11 is 5.84. The minimum absolute atomic E-state index is 0.0627. The van der Waals surface area contributed by atoms with Gasteiger partial charge >= 0.3 is 5.97 Å². The Bertz CT molecular complexity index is 837. The van der Waals surface area contributed by atoms with Crippen LogP contribution < -0.4 is 0 Å². The number of carbonyl (C=O) groups is 1. The van der Waals surface area contributed by atoms with E-state index in [1.165, 1.54) is 18.2 Å². The number of aromatic hydroxyl groups is 1. The average molecular weight is 313 g/mol. The molecule has 0 atom stereocenters. The summed E-state index contributed by atoms with van der Waals surface area (Å²) in [6.07, 6.45) is 0. The molecule has 0 saturated heterocycles. The van der Waals surface area contributed by atoms with Crippen LogP contribution in [-0.4, -0.2) is 11.1 Å². The van der Waals surface area contributed by atoms with Crippen molar-refractivity contribution in [3.8, 4) is 5.75 Å². The van der Waals surface area contributed by atoms with Gasteiger partial charge < -0.3 is 9.84 Å². The summed E-state index contributed by atoms with van der Waals surface area (Å²) in [5.41, 5.74) is 0.973. The van der Waals surface area contributed by atoms with Gasteiger partial charge in [0.1, 0.15) is 17.9 Å². The van der Waals surface area contributed by atoms with Crippen molar-refractivity contribution in [3.05, 3.63) is 76.8 Å². The van der Waals surface area contributed by atoms with E-state index in [2.05, 4.69) is 0 Å². The van der Waals surface area contributed by atoms with Crippen LogP contribution in [0.3, 0.4) is 0 Å². The zero-order valence-electron chi connectivity index (χ0n) is 11.6. The first-order chi connectivity index (χ1) is 10.6. The van der Waals surface area contributed by atoms with Gasteiger partial charge in [-0.25, -0.2) is 4.79 Å². The van der Waals surface area contributed by atoms with Gasteiger partial charge in [0, 0.05) is 5.02 Å². The number of benzene rings is 3. The van der Waals surface area contributed by atoms with Crippen LogP contribution in [0.5, 0.6) is 5.75 Å². The Kier molecular flexibility index (Phi) is 3.98. The molecule has 0 aliphatic rings. The molecule has 4 heteroatoms. The Morgan fingerprint density at radius 2 is 1.82 bits per heavy atom. The van der Waals surface area contributed by atoms with Gasteiger partial charge in [-0.05, 0) is 34.5 Å². The van der Waals surface area contributed by atoms with Crippen molar-refractivity contribution in [1.29, 1.82) is 0 Å². The van der Waals surface area contributed by atoms with Gasteiger partial charge in [0.2, 0.25) is 0 Å². The van der Waals surface area contributed by atoms with Crippen molar-refractivity contribution in [3.63, 3.8) is 0 Å². The summed E-state index contributed by atoms with van der Waals surface area (Å²) in [6, 6.07) is 18.0. The number of fused-ring (bicyclic) bond motifs is 1. The van der Waals surface area contributed by atoms with Crippen molar-refractivity contribution >= 4 is 28.3 Å². The summed E-state index contributed by atoms with van der Waals surface area (Å²) < 4.78 is 5.30. The van der Waals surface area contributed by atoms with Gasteiger partial charge in [0.25, 0.3) is 0 Å². The number of esters is 1. The van der Waals surface area contributed by atoms with Gasteiger partial charge in [-0.1, -0.05) is 54.1 Å². The molecule has 0 aromatic heterocycles.